The Bertz CT molecular complexity index is 307. The van der Waals surface area contributed by atoms with Crippen LogP contribution in [0.3, 0.4) is 0 Å². The molecule has 14 heavy (non-hydrogen) atoms. The van der Waals surface area contributed by atoms with E-state index in [1.807, 2.05) is 6.92 Å². The second kappa shape index (κ2) is 3.82. The zero-order valence-electron chi connectivity index (χ0n) is 8.54. The van der Waals surface area contributed by atoms with Crippen molar-refractivity contribution >= 4 is 16.7 Å². The molecule has 78 valence electrons. The van der Waals surface area contributed by atoms with Gasteiger partial charge in [0, 0.05) is 24.7 Å². The normalized spacial score (nSPS) is 26.7. The standard InChI is InChI=1S/C9H15N3OS/c1-7-11-8(14-12-7)10-6-9(2)4-3-5-13-9/h3-6H2,1-2H3,(H,10,11,12). The molecule has 5 heteroatoms. The number of aryl methyl sites for hydroxylation is 1. The van der Waals surface area contributed by atoms with Gasteiger partial charge in [0.15, 0.2) is 0 Å². The van der Waals surface area contributed by atoms with E-state index in [0.29, 0.717) is 0 Å². The molecule has 0 aliphatic carbocycles. The first-order chi connectivity index (χ1) is 6.68. The van der Waals surface area contributed by atoms with E-state index in [4.69, 9.17) is 4.74 Å². The van der Waals surface area contributed by atoms with Crippen LogP contribution in [0, 0.1) is 6.92 Å². The van der Waals surface area contributed by atoms with Gasteiger partial charge >= 0.3 is 0 Å². The molecule has 0 radical (unpaired) electrons. The van der Waals surface area contributed by atoms with Crippen molar-refractivity contribution in [1.82, 2.24) is 9.36 Å². The highest BCUT2D eigenvalue weighted by molar-refractivity contribution is 7.09. The van der Waals surface area contributed by atoms with Crippen molar-refractivity contribution in [2.45, 2.75) is 32.3 Å². The van der Waals surface area contributed by atoms with Crippen LogP contribution in [0.5, 0.6) is 0 Å². The zero-order chi connectivity index (χ0) is 10.0. The molecule has 2 rings (SSSR count). The molecule has 1 aliphatic heterocycles. The molecule has 0 spiro atoms. The molecule has 1 fully saturated rings. The number of aromatic nitrogens is 2. The third kappa shape index (κ3) is 2.22. The van der Waals surface area contributed by atoms with Crippen LogP contribution >= 0.6 is 11.5 Å². The minimum atomic E-state index is -0.0143. The number of nitrogens with zero attached hydrogens (tertiary/aromatic N) is 2. The minimum Gasteiger partial charge on any atom is -0.373 e. The predicted molar refractivity (Wildman–Crippen MR) is 56.7 cm³/mol. The minimum absolute atomic E-state index is 0.0143. The third-order valence-corrected chi connectivity index (χ3v) is 3.21. The van der Waals surface area contributed by atoms with E-state index >= 15 is 0 Å². The van der Waals surface area contributed by atoms with Crippen LogP contribution in [-0.4, -0.2) is 28.1 Å². The molecular formula is C9H15N3OS. The van der Waals surface area contributed by atoms with Gasteiger partial charge in [-0.05, 0) is 26.7 Å². The Kier molecular flexibility index (Phi) is 2.69. The van der Waals surface area contributed by atoms with Crippen molar-refractivity contribution < 1.29 is 4.74 Å². The molecule has 0 amide bonds. The third-order valence-electron chi connectivity index (χ3n) is 2.44. The van der Waals surface area contributed by atoms with Crippen molar-refractivity contribution in [2.75, 3.05) is 18.5 Å². The Labute approximate surface area is 87.9 Å². The van der Waals surface area contributed by atoms with Crippen molar-refractivity contribution in [2.24, 2.45) is 0 Å². The lowest BCUT2D eigenvalue weighted by atomic mass is 10.0. The fourth-order valence-corrected chi connectivity index (χ4v) is 2.18. The molecular weight excluding hydrogens is 198 g/mol. The number of ether oxygens (including phenoxy) is 1. The summed E-state index contributed by atoms with van der Waals surface area (Å²) in [4.78, 5) is 4.24. The highest BCUT2D eigenvalue weighted by atomic mass is 32.1. The summed E-state index contributed by atoms with van der Waals surface area (Å²) in [7, 11) is 0. The van der Waals surface area contributed by atoms with Gasteiger partial charge in [0.1, 0.15) is 5.82 Å². The summed E-state index contributed by atoms with van der Waals surface area (Å²) >= 11 is 1.40. The lowest BCUT2D eigenvalue weighted by Gasteiger charge is -2.22. The van der Waals surface area contributed by atoms with E-state index in [9.17, 15) is 0 Å². The topological polar surface area (TPSA) is 47.0 Å². The van der Waals surface area contributed by atoms with E-state index < -0.39 is 0 Å². The molecule has 1 atom stereocenters. The number of hydrogen-bond donors (Lipinski definition) is 1. The van der Waals surface area contributed by atoms with Crippen molar-refractivity contribution in [3.63, 3.8) is 0 Å². The van der Waals surface area contributed by atoms with Crippen LogP contribution in [0.15, 0.2) is 0 Å². The maximum absolute atomic E-state index is 5.66. The van der Waals surface area contributed by atoms with Crippen molar-refractivity contribution in [3.8, 4) is 0 Å². The van der Waals surface area contributed by atoms with E-state index in [2.05, 4.69) is 21.6 Å². The molecule has 1 aliphatic rings. The monoisotopic (exact) mass is 213 g/mol. The highest BCUT2D eigenvalue weighted by Crippen LogP contribution is 2.25. The van der Waals surface area contributed by atoms with Gasteiger partial charge in [0.25, 0.3) is 0 Å². The average molecular weight is 213 g/mol. The lowest BCUT2D eigenvalue weighted by Crippen LogP contribution is -2.32. The first-order valence-corrected chi connectivity index (χ1v) is 5.63. The molecule has 0 saturated carbocycles. The molecule has 1 aromatic heterocycles. The Balaban J connectivity index is 1.87. The van der Waals surface area contributed by atoms with Crippen LogP contribution in [-0.2, 0) is 4.74 Å². The van der Waals surface area contributed by atoms with Gasteiger partial charge in [-0.3, -0.25) is 0 Å². The molecule has 4 nitrogen and oxygen atoms in total. The molecule has 1 unspecified atom stereocenters. The Morgan fingerprint density at radius 2 is 2.50 bits per heavy atom. The summed E-state index contributed by atoms with van der Waals surface area (Å²) in [6.45, 7) is 5.74. The van der Waals surface area contributed by atoms with Crippen LogP contribution in [0.25, 0.3) is 0 Å². The summed E-state index contributed by atoms with van der Waals surface area (Å²) < 4.78 is 9.77. The SMILES string of the molecule is Cc1nsc(NCC2(C)CCCO2)n1. The van der Waals surface area contributed by atoms with E-state index in [1.165, 1.54) is 11.5 Å². The fraction of sp³-hybridized carbons (Fsp3) is 0.778. The van der Waals surface area contributed by atoms with Gasteiger partial charge in [-0.25, -0.2) is 4.98 Å². The smallest absolute Gasteiger partial charge is 0.202 e. The van der Waals surface area contributed by atoms with Crippen LogP contribution in [0.2, 0.25) is 0 Å². The lowest BCUT2D eigenvalue weighted by molar-refractivity contribution is 0.0315. The summed E-state index contributed by atoms with van der Waals surface area (Å²) in [6.07, 6.45) is 2.28. The summed E-state index contributed by atoms with van der Waals surface area (Å²) in [5.41, 5.74) is -0.0143. The zero-order valence-corrected chi connectivity index (χ0v) is 9.36. The van der Waals surface area contributed by atoms with Gasteiger partial charge in [-0.1, -0.05) is 0 Å². The van der Waals surface area contributed by atoms with Gasteiger partial charge in [-0.2, -0.15) is 4.37 Å². The predicted octanol–water partition coefficient (Wildman–Crippen LogP) is 1.83. The summed E-state index contributed by atoms with van der Waals surface area (Å²) in [5.74, 6) is 0.829. The van der Waals surface area contributed by atoms with Crippen LogP contribution < -0.4 is 5.32 Å². The Morgan fingerprint density at radius 3 is 3.07 bits per heavy atom. The molecule has 1 aromatic rings. The van der Waals surface area contributed by atoms with Crippen LogP contribution in [0.4, 0.5) is 5.13 Å². The fourth-order valence-electron chi connectivity index (χ4n) is 1.61. The first kappa shape index (κ1) is 9.86. The van der Waals surface area contributed by atoms with Gasteiger partial charge in [0.05, 0.1) is 5.60 Å². The molecule has 1 saturated heterocycles. The average Bonchev–Trinajstić information content (AvgIpc) is 2.73. The molecule has 0 aromatic carbocycles. The number of anilines is 1. The number of hydrogen-bond acceptors (Lipinski definition) is 5. The largest absolute Gasteiger partial charge is 0.373 e. The van der Waals surface area contributed by atoms with Gasteiger partial charge < -0.3 is 10.1 Å². The van der Waals surface area contributed by atoms with E-state index in [0.717, 1.165) is 36.9 Å². The second-order valence-corrected chi connectivity index (χ2v) is 4.65. The van der Waals surface area contributed by atoms with E-state index in [1.54, 1.807) is 0 Å². The summed E-state index contributed by atoms with van der Waals surface area (Å²) in [6, 6.07) is 0. The number of nitrogens with one attached hydrogen (secondary N) is 1. The van der Waals surface area contributed by atoms with E-state index in [-0.39, 0.29) is 5.60 Å². The molecule has 0 bridgehead atoms. The van der Waals surface area contributed by atoms with Crippen LogP contribution in [0.1, 0.15) is 25.6 Å². The van der Waals surface area contributed by atoms with Gasteiger partial charge in [0.2, 0.25) is 5.13 Å². The molecule has 2 heterocycles. The maximum Gasteiger partial charge on any atom is 0.202 e. The first-order valence-electron chi connectivity index (χ1n) is 4.86. The van der Waals surface area contributed by atoms with Crippen molar-refractivity contribution in [3.05, 3.63) is 5.82 Å². The maximum atomic E-state index is 5.66. The molecule has 1 N–H and O–H groups in total. The quantitative estimate of drug-likeness (QED) is 0.832. The Hall–Kier alpha value is -0.680. The second-order valence-electron chi connectivity index (χ2n) is 3.90. The van der Waals surface area contributed by atoms with Gasteiger partial charge in [-0.15, -0.1) is 0 Å². The number of rotatable bonds is 3. The summed E-state index contributed by atoms with van der Waals surface area (Å²) in [5, 5.41) is 4.16. The highest BCUT2D eigenvalue weighted by Gasteiger charge is 2.29. The Morgan fingerprint density at radius 1 is 1.64 bits per heavy atom. The van der Waals surface area contributed by atoms with Crippen molar-refractivity contribution in [1.29, 1.82) is 0 Å².